The minimum atomic E-state index is -0.514. The molecule has 0 aromatic rings. The Balaban J connectivity index is 3.04. The first kappa shape index (κ1) is 13.0. The van der Waals surface area contributed by atoms with Crippen LogP contribution in [-0.2, 0) is 0 Å². The fourth-order valence-electron chi connectivity index (χ4n) is 3.03. The fourth-order valence-corrected chi connectivity index (χ4v) is 3.03. The van der Waals surface area contributed by atoms with E-state index in [4.69, 9.17) is 0 Å². The highest BCUT2D eigenvalue weighted by atomic mass is 16.3. The van der Waals surface area contributed by atoms with Crippen LogP contribution in [0.4, 0.5) is 0 Å². The van der Waals surface area contributed by atoms with Gasteiger partial charge in [-0.15, -0.1) is 0 Å². The van der Waals surface area contributed by atoms with E-state index in [1.807, 2.05) is 0 Å². The average molecular weight is 213 g/mol. The van der Waals surface area contributed by atoms with Gasteiger partial charge in [-0.1, -0.05) is 13.8 Å². The van der Waals surface area contributed by atoms with Crippen molar-refractivity contribution in [1.82, 2.24) is 4.90 Å². The van der Waals surface area contributed by atoms with Crippen molar-refractivity contribution in [2.24, 2.45) is 5.92 Å². The van der Waals surface area contributed by atoms with E-state index in [0.29, 0.717) is 5.92 Å². The topological polar surface area (TPSA) is 23.5 Å². The van der Waals surface area contributed by atoms with Gasteiger partial charge in [-0.25, -0.2) is 0 Å². The minimum absolute atomic E-state index is 0.0702. The van der Waals surface area contributed by atoms with E-state index in [2.05, 4.69) is 53.5 Å². The Labute approximate surface area is 94.7 Å². The number of hydrogen-bond donors (Lipinski definition) is 1. The molecular formula is C13H27NO. The molecule has 1 aliphatic rings. The molecule has 0 saturated carbocycles. The number of hydrogen-bond acceptors (Lipinski definition) is 2. The molecule has 1 rings (SSSR count). The summed E-state index contributed by atoms with van der Waals surface area (Å²) < 4.78 is 0. The van der Waals surface area contributed by atoms with Gasteiger partial charge < -0.3 is 5.11 Å². The molecule has 1 saturated heterocycles. The molecule has 0 radical (unpaired) electrons. The van der Waals surface area contributed by atoms with Crippen molar-refractivity contribution in [3.8, 4) is 0 Å². The Hall–Kier alpha value is -0.0800. The highest BCUT2D eigenvalue weighted by Gasteiger charge is 2.50. The van der Waals surface area contributed by atoms with E-state index in [1.54, 1.807) is 0 Å². The Morgan fingerprint density at radius 2 is 1.33 bits per heavy atom. The first-order chi connectivity index (χ1) is 6.51. The van der Waals surface area contributed by atoms with Crippen molar-refractivity contribution in [3.05, 3.63) is 0 Å². The first-order valence-electron chi connectivity index (χ1n) is 5.98. The minimum Gasteiger partial charge on any atom is -0.389 e. The number of piperidine rings is 1. The molecule has 15 heavy (non-hydrogen) atoms. The van der Waals surface area contributed by atoms with E-state index in [9.17, 15) is 5.11 Å². The van der Waals surface area contributed by atoms with Crippen LogP contribution in [0.25, 0.3) is 0 Å². The summed E-state index contributed by atoms with van der Waals surface area (Å²) in [4.78, 5) is 2.40. The standard InChI is InChI=1S/C13H27NO/c1-10(2)13(15)8-11(3,4)14(7)12(5,6)9-13/h10,15H,8-9H2,1-7H3. The number of likely N-dealkylation sites (tertiary alicyclic amines) is 1. The molecule has 0 aliphatic carbocycles. The summed E-state index contributed by atoms with van der Waals surface area (Å²) in [6, 6.07) is 0. The van der Waals surface area contributed by atoms with Gasteiger partial charge in [0.25, 0.3) is 0 Å². The Morgan fingerprint density at radius 1 is 1.00 bits per heavy atom. The van der Waals surface area contributed by atoms with Crippen molar-refractivity contribution < 1.29 is 5.11 Å². The summed E-state index contributed by atoms with van der Waals surface area (Å²) in [6.07, 6.45) is 1.72. The van der Waals surface area contributed by atoms with E-state index in [-0.39, 0.29) is 11.1 Å². The second-order valence-corrected chi connectivity index (χ2v) is 6.80. The molecule has 2 heteroatoms. The molecule has 0 atom stereocenters. The van der Waals surface area contributed by atoms with Gasteiger partial charge in [0, 0.05) is 11.1 Å². The number of nitrogens with zero attached hydrogens (tertiary/aromatic N) is 1. The lowest BCUT2D eigenvalue weighted by Crippen LogP contribution is -2.65. The second-order valence-electron chi connectivity index (χ2n) is 6.80. The molecular weight excluding hydrogens is 186 g/mol. The third kappa shape index (κ3) is 2.21. The zero-order chi connectivity index (χ0) is 12.1. The van der Waals surface area contributed by atoms with Crippen LogP contribution < -0.4 is 0 Å². The quantitative estimate of drug-likeness (QED) is 0.724. The molecule has 0 bridgehead atoms. The van der Waals surface area contributed by atoms with Gasteiger partial charge in [0.15, 0.2) is 0 Å². The average Bonchev–Trinajstić information content (AvgIpc) is 1.98. The van der Waals surface area contributed by atoms with Crippen molar-refractivity contribution in [2.45, 2.75) is 71.1 Å². The van der Waals surface area contributed by atoms with Crippen molar-refractivity contribution in [2.75, 3.05) is 7.05 Å². The summed E-state index contributed by atoms with van der Waals surface area (Å²) in [5.41, 5.74) is -0.374. The maximum absolute atomic E-state index is 10.7. The van der Waals surface area contributed by atoms with Gasteiger partial charge in [0.2, 0.25) is 0 Å². The van der Waals surface area contributed by atoms with E-state index >= 15 is 0 Å². The van der Waals surface area contributed by atoms with Crippen LogP contribution in [-0.4, -0.2) is 33.7 Å². The predicted molar refractivity (Wildman–Crippen MR) is 64.9 cm³/mol. The maximum Gasteiger partial charge on any atom is 0.0705 e. The van der Waals surface area contributed by atoms with Crippen molar-refractivity contribution in [3.63, 3.8) is 0 Å². The SMILES string of the molecule is CC(C)C1(O)CC(C)(C)N(C)C(C)(C)C1. The van der Waals surface area contributed by atoms with Gasteiger partial charge in [0.1, 0.15) is 0 Å². The Morgan fingerprint density at radius 3 is 1.60 bits per heavy atom. The van der Waals surface area contributed by atoms with Crippen LogP contribution in [0.3, 0.4) is 0 Å². The van der Waals surface area contributed by atoms with E-state index < -0.39 is 5.60 Å². The summed E-state index contributed by atoms with van der Waals surface area (Å²) in [5.74, 6) is 0.324. The smallest absolute Gasteiger partial charge is 0.0705 e. The fraction of sp³-hybridized carbons (Fsp3) is 1.00. The van der Waals surface area contributed by atoms with Crippen molar-refractivity contribution >= 4 is 0 Å². The molecule has 0 aromatic carbocycles. The largest absolute Gasteiger partial charge is 0.389 e. The maximum atomic E-state index is 10.7. The van der Waals surface area contributed by atoms with Gasteiger partial charge in [-0.2, -0.15) is 0 Å². The molecule has 1 aliphatic heterocycles. The number of rotatable bonds is 1. The zero-order valence-electron chi connectivity index (χ0n) is 11.4. The lowest BCUT2D eigenvalue weighted by Gasteiger charge is -2.57. The number of aliphatic hydroxyl groups is 1. The van der Waals surface area contributed by atoms with E-state index in [1.165, 1.54) is 0 Å². The highest BCUT2D eigenvalue weighted by Crippen LogP contribution is 2.45. The third-order valence-electron chi connectivity index (χ3n) is 4.37. The Bertz CT molecular complexity index is 225. The first-order valence-corrected chi connectivity index (χ1v) is 5.98. The molecule has 0 spiro atoms. The van der Waals surface area contributed by atoms with Crippen LogP contribution in [0.1, 0.15) is 54.4 Å². The molecule has 0 amide bonds. The summed E-state index contributed by atoms with van der Waals surface area (Å²) in [7, 11) is 2.17. The molecule has 2 nitrogen and oxygen atoms in total. The monoisotopic (exact) mass is 213 g/mol. The van der Waals surface area contributed by atoms with Gasteiger partial charge in [-0.3, -0.25) is 4.90 Å². The molecule has 0 aromatic heterocycles. The molecule has 1 heterocycles. The van der Waals surface area contributed by atoms with Gasteiger partial charge >= 0.3 is 0 Å². The summed E-state index contributed by atoms with van der Waals surface area (Å²) >= 11 is 0. The normalized spacial score (nSPS) is 29.4. The third-order valence-corrected chi connectivity index (χ3v) is 4.37. The van der Waals surface area contributed by atoms with Crippen LogP contribution >= 0.6 is 0 Å². The second kappa shape index (κ2) is 3.46. The van der Waals surface area contributed by atoms with Crippen molar-refractivity contribution in [1.29, 1.82) is 0 Å². The van der Waals surface area contributed by atoms with Crippen LogP contribution in [0.2, 0.25) is 0 Å². The molecule has 1 fully saturated rings. The molecule has 90 valence electrons. The zero-order valence-corrected chi connectivity index (χ0v) is 11.4. The van der Waals surface area contributed by atoms with Crippen LogP contribution in [0, 0.1) is 5.92 Å². The summed E-state index contributed by atoms with van der Waals surface area (Å²) in [6.45, 7) is 13.1. The van der Waals surface area contributed by atoms with Crippen LogP contribution in [0.5, 0.6) is 0 Å². The summed E-state index contributed by atoms with van der Waals surface area (Å²) in [5, 5.41) is 10.7. The molecule has 1 N–H and O–H groups in total. The van der Waals surface area contributed by atoms with Gasteiger partial charge in [-0.05, 0) is 53.5 Å². The van der Waals surface area contributed by atoms with Gasteiger partial charge in [0.05, 0.1) is 5.60 Å². The Kier molecular flexibility index (Phi) is 2.99. The van der Waals surface area contributed by atoms with E-state index in [0.717, 1.165) is 12.8 Å². The lowest BCUT2D eigenvalue weighted by atomic mass is 9.67. The van der Waals surface area contributed by atoms with Crippen LogP contribution in [0.15, 0.2) is 0 Å². The molecule has 0 unspecified atom stereocenters. The lowest BCUT2D eigenvalue weighted by molar-refractivity contribution is -0.144. The predicted octanol–water partition coefficient (Wildman–Crippen LogP) is 2.66. The highest BCUT2D eigenvalue weighted by molar-refractivity contribution is 5.06.